The highest BCUT2D eigenvalue weighted by molar-refractivity contribution is 5.94. The van der Waals surface area contributed by atoms with Gasteiger partial charge in [-0.1, -0.05) is 6.07 Å². The molecule has 3 atom stereocenters. The molecule has 0 aliphatic carbocycles. The van der Waals surface area contributed by atoms with Crippen molar-refractivity contribution in [2.75, 3.05) is 20.2 Å². The number of alkyl halides is 6. The van der Waals surface area contributed by atoms with Crippen LogP contribution in [0.2, 0.25) is 0 Å². The molecule has 2 aromatic heterocycles. The Hall–Kier alpha value is -3.66. The molecule has 2 fully saturated rings. The second-order valence-electron chi connectivity index (χ2n) is 8.46. The van der Waals surface area contributed by atoms with Gasteiger partial charge in [0.15, 0.2) is 0 Å². The summed E-state index contributed by atoms with van der Waals surface area (Å²) in [5, 5.41) is 14.2. The third kappa shape index (κ3) is 9.24. The second-order valence-corrected chi connectivity index (χ2v) is 8.46. The van der Waals surface area contributed by atoms with Crippen LogP contribution in [-0.4, -0.2) is 93.6 Å². The van der Waals surface area contributed by atoms with Gasteiger partial charge >= 0.3 is 24.3 Å². The molecule has 0 bridgehead atoms. The van der Waals surface area contributed by atoms with Crippen molar-refractivity contribution in [3.8, 4) is 0 Å². The van der Waals surface area contributed by atoms with Gasteiger partial charge in [0.25, 0.3) is 5.91 Å². The van der Waals surface area contributed by atoms with Crippen LogP contribution in [0.4, 0.5) is 26.3 Å². The van der Waals surface area contributed by atoms with Gasteiger partial charge in [0.1, 0.15) is 6.26 Å². The normalized spacial score (nSPS) is 20.7. The first kappa shape index (κ1) is 31.6. The Labute approximate surface area is 217 Å². The third-order valence-electron chi connectivity index (χ3n) is 5.73. The zero-order chi connectivity index (χ0) is 29.4. The summed E-state index contributed by atoms with van der Waals surface area (Å²) in [6, 6.07) is 6.07. The smallest absolute Gasteiger partial charge is 0.475 e. The number of carboxylic acids is 2. The number of aliphatic carboxylic acids is 2. The van der Waals surface area contributed by atoms with Gasteiger partial charge < -0.3 is 24.3 Å². The van der Waals surface area contributed by atoms with Crippen molar-refractivity contribution in [1.82, 2.24) is 14.8 Å². The standard InChI is InChI=1S/C19H23N3O3.2C2HF3O2/c1-21(11-14-4-2-7-20-10-14)17-12-22(16-5-3-8-25-18(16)17)19(23)15-6-9-24-13-15;2*3-2(4,5)1(6)7/h2,4,6-7,9-10,13,16-18H,3,5,8,11-12H2,1H3;2*(H,6,7)/t16-,17-,18+;;/m1../s1. The van der Waals surface area contributed by atoms with Crippen LogP contribution < -0.4 is 0 Å². The van der Waals surface area contributed by atoms with E-state index in [1.807, 2.05) is 17.2 Å². The number of carbonyl (C=O) groups excluding carboxylic acids is 1. The minimum Gasteiger partial charge on any atom is -0.475 e. The molecule has 2 aromatic rings. The number of hydrogen-bond acceptors (Lipinski definition) is 7. The van der Waals surface area contributed by atoms with Crippen LogP contribution >= 0.6 is 0 Å². The fraction of sp³-hybridized carbons (Fsp3) is 0.478. The van der Waals surface area contributed by atoms with E-state index in [0.717, 1.165) is 31.6 Å². The van der Waals surface area contributed by atoms with Gasteiger partial charge in [-0.15, -0.1) is 0 Å². The van der Waals surface area contributed by atoms with E-state index in [2.05, 4.69) is 23.0 Å². The summed E-state index contributed by atoms with van der Waals surface area (Å²) >= 11 is 0. The molecule has 2 aliphatic rings. The lowest BCUT2D eigenvalue weighted by atomic mass is 10.00. The van der Waals surface area contributed by atoms with E-state index in [1.165, 1.54) is 6.26 Å². The maximum absolute atomic E-state index is 12.9. The van der Waals surface area contributed by atoms with E-state index < -0.39 is 24.3 Å². The first-order valence-corrected chi connectivity index (χ1v) is 11.3. The quantitative estimate of drug-likeness (QED) is 0.532. The Balaban J connectivity index is 0.000000317. The molecule has 0 unspecified atom stereocenters. The predicted octanol–water partition coefficient (Wildman–Crippen LogP) is 3.45. The van der Waals surface area contributed by atoms with Crippen LogP contribution in [0, 0.1) is 0 Å². The molecule has 0 radical (unpaired) electrons. The highest BCUT2D eigenvalue weighted by Crippen LogP contribution is 2.33. The van der Waals surface area contributed by atoms with Crippen molar-refractivity contribution in [2.45, 2.75) is 49.9 Å². The van der Waals surface area contributed by atoms with Gasteiger partial charge in [-0.2, -0.15) is 26.3 Å². The summed E-state index contributed by atoms with van der Waals surface area (Å²) in [6.45, 7) is 2.24. The number of fused-ring (bicyclic) bond motifs is 1. The molecule has 1 amide bonds. The molecule has 0 spiro atoms. The fourth-order valence-electron chi connectivity index (χ4n) is 4.00. The number of pyridine rings is 1. The Kier molecular flexibility index (Phi) is 10.9. The van der Waals surface area contributed by atoms with Crippen LogP contribution in [0.5, 0.6) is 0 Å². The average molecular weight is 569 g/mol. The Morgan fingerprint density at radius 2 is 1.72 bits per heavy atom. The van der Waals surface area contributed by atoms with E-state index >= 15 is 0 Å². The van der Waals surface area contributed by atoms with Crippen molar-refractivity contribution in [2.24, 2.45) is 0 Å². The number of hydrogen-bond donors (Lipinski definition) is 2. The average Bonchev–Trinajstić information content (AvgIpc) is 3.53. The minimum absolute atomic E-state index is 0.0338. The summed E-state index contributed by atoms with van der Waals surface area (Å²) in [6.07, 6.45) is -1.38. The molecule has 2 saturated heterocycles. The summed E-state index contributed by atoms with van der Waals surface area (Å²) in [7, 11) is 2.10. The molecule has 2 N–H and O–H groups in total. The van der Waals surface area contributed by atoms with E-state index in [0.29, 0.717) is 12.1 Å². The SMILES string of the molecule is CN(Cc1cccnc1)[C@@H]1CN(C(=O)c2ccoc2)[C@@H]2CCCO[C@H]12.O=C(O)C(F)(F)F.O=C(O)C(F)(F)F. The molecular weight excluding hydrogens is 544 g/mol. The lowest BCUT2D eigenvalue weighted by Gasteiger charge is -2.34. The van der Waals surface area contributed by atoms with Gasteiger partial charge in [-0.25, -0.2) is 9.59 Å². The predicted molar refractivity (Wildman–Crippen MR) is 119 cm³/mol. The number of carbonyl (C=O) groups is 3. The van der Waals surface area contributed by atoms with Crippen LogP contribution in [0.1, 0.15) is 28.8 Å². The summed E-state index contributed by atoms with van der Waals surface area (Å²) in [5.74, 6) is -5.48. The molecule has 0 aromatic carbocycles. The maximum Gasteiger partial charge on any atom is 0.490 e. The number of halogens is 6. The largest absolute Gasteiger partial charge is 0.490 e. The van der Waals surface area contributed by atoms with Gasteiger partial charge in [0, 0.05) is 32.1 Å². The zero-order valence-electron chi connectivity index (χ0n) is 20.4. The maximum atomic E-state index is 12.9. The van der Waals surface area contributed by atoms with E-state index in [9.17, 15) is 31.1 Å². The van der Waals surface area contributed by atoms with Crippen LogP contribution in [0.25, 0.3) is 0 Å². The van der Waals surface area contributed by atoms with Crippen LogP contribution in [0.15, 0.2) is 47.5 Å². The van der Waals surface area contributed by atoms with Crippen molar-refractivity contribution in [1.29, 1.82) is 0 Å². The van der Waals surface area contributed by atoms with Crippen LogP contribution in [0.3, 0.4) is 0 Å². The zero-order valence-corrected chi connectivity index (χ0v) is 20.4. The lowest BCUT2D eigenvalue weighted by molar-refractivity contribution is -0.193. The highest BCUT2D eigenvalue weighted by Gasteiger charge is 2.47. The first-order valence-electron chi connectivity index (χ1n) is 11.3. The fourth-order valence-corrected chi connectivity index (χ4v) is 4.00. The molecule has 39 heavy (non-hydrogen) atoms. The molecule has 216 valence electrons. The molecule has 2 aliphatic heterocycles. The molecule has 4 rings (SSSR count). The van der Waals surface area contributed by atoms with E-state index in [1.54, 1.807) is 18.5 Å². The number of carboxylic acid groups (broad SMARTS) is 2. The number of ether oxygens (including phenoxy) is 1. The lowest BCUT2D eigenvalue weighted by Crippen LogP contribution is -2.46. The minimum atomic E-state index is -5.08. The Bertz CT molecular complexity index is 1060. The summed E-state index contributed by atoms with van der Waals surface area (Å²) in [4.78, 5) is 39.1. The third-order valence-corrected chi connectivity index (χ3v) is 5.73. The van der Waals surface area contributed by atoms with Gasteiger partial charge in [-0.05, 0) is 37.6 Å². The first-order chi connectivity index (χ1) is 18.1. The molecule has 4 heterocycles. The monoisotopic (exact) mass is 569 g/mol. The Morgan fingerprint density at radius 1 is 1.10 bits per heavy atom. The van der Waals surface area contributed by atoms with Gasteiger partial charge in [0.05, 0.1) is 30.0 Å². The molecule has 0 saturated carbocycles. The number of nitrogens with zero attached hydrogens (tertiary/aromatic N) is 3. The molecule has 10 nitrogen and oxygen atoms in total. The number of likely N-dealkylation sites (N-methyl/N-ethyl adjacent to an activating group) is 1. The Morgan fingerprint density at radius 3 is 2.21 bits per heavy atom. The van der Waals surface area contributed by atoms with Crippen LogP contribution in [-0.2, 0) is 20.9 Å². The van der Waals surface area contributed by atoms with Crippen molar-refractivity contribution < 1.29 is 60.1 Å². The summed E-state index contributed by atoms with van der Waals surface area (Å²) in [5.41, 5.74) is 1.77. The molecular formula is C23H25F6N3O7. The number of likely N-dealkylation sites (tertiary alicyclic amines) is 1. The molecule has 16 heteroatoms. The van der Waals surface area contributed by atoms with Gasteiger partial charge in [-0.3, -0.25) is 14.7 Å². The second kappa shape index (κ2) is 13.4. The number of rotatable bonds is 4. The van der Waals surface area contributed by atoms with E-state index in [4.69, 9.17) is 29.0 Å². The number of amides is 1. The number of furan rings is 1. The van der Waals surface area contributed by atoms with E-state index in [-0.39, 0.29) is 24.1 Å². The van der Waals surface area contributed by atoms with Crippen molar-refractivity contribution in [3.05, 3.63) is 54.2 Å². The highest BCUT2D eigenvalue weighted by atomic mass is 19.4. The summed E-state index contributed by atoms with van der Waals surface area (Å²) < 4.78 is 74.7. The van der Waals surface area contributed by atoms with Gasteiger partial charge in [0.2, 0.25) is 0 Å². The number of aromatic nitrogens is 1. The topological polar surface area (TPSA) is 133 Å². The van der Waals surface area contributed by atoms with Crippen molar-refractivity contribution in [3.63, 3.8) is 0 Å². The van der Waals surface area contributed by atoms with Crippen molar-refractivity contribution >= 4 is 17.8 Å².